The molecule has 1 aliphatic carbocycles. The Labute approximate surface area is 115 Å². The van der Waals surface area contributed by atoms with Gasteiger partial charge in [-0.05, 0) is 44.6 Å². The minimum absolute atomic E-state index is 0.133. The highest BCUT2D eigenvalue weighted by atomic mass is 35.5. The van der Waals surface area contributed by atoms with Gasteiger partial charge in [-0.2, -0.15) is 0 Å². The Kier molecular flexibility index (Phi) is 4.31. The molecule has 0 aliphatic heterocycles. The van der Waals surface area contributed by atoms with E-state index >= 15 is 0 Å². The molecular weight excluding hydrogens is 246 g/mol. The topological polar surface area (TPSA) is 23.5 Å². The molecule has 1 N–H and O–H groups in total. The van der Waals surface area contributed by atoms with Crippen LogP contribution in [-0.4, -0.2) is 36.8 Å². The summed E-state index contributed by atoms with van der Waals surface area (Å²) in [6, 6.07) is 7.99. The fourth-order valence-corrected chi connectivity index (χ4v) is 3.31. The van der Waals surface area contributed by atoms with E-state index in [0.717, 1.165) is 30.8 Å². The summed E-state index contributed by atoms with van der Waals surface area (Å²) in [5, 5.41) is 11.3. The standard InChI is InChI=1S/C15H22ClNO/c1-17(2)11-15(10-4-3-5-14(15)18)12-6-8-13(16)9-7-12/h6-9,14,18H,3-5,10-11H2,1-2H3/t14-,15+/m0/s1. The second-order valence-electron chi connectivity index (χ2n) is 5.66. The highest BCUT2D eigenvalue weighted by Crippen LogP contribution is 2.40. The third kappa shape index (κ3) is 2.71. The first kappa shape index (κ1) is 13.9. The maximum absolute atomic E-state index is 10.5. The number of aliphatic hydroxyl groups is 1. The van der Waals surface area contributed by atoms with E-state index in [0.29, 0.717) is 0 Å². The van der Waals surface area contributed by atoms with Gasteiger partial charge in [0.15, 0.2) is 0 Å². The van der Waals surface area contributed by atoms with Crippen molar-refractivity contribution < 1.29 is 5.11 Å². The molecular formula is C15H22ClNO. The van der Waals surface area contributed by atoms with Crippen molar-refractivity contribution in [1.82, 2.24) is 4.90 Å². The van der Waals surface area contributed by atoms with Gasteiger partial charge in [0.25, 0.3) is 0 Å². The molecule has 18 heavy (non-hydrogen) atoms. The average Bonchev–Trinajstić information content (AvgIpc) is 2.32. The highest BCUT2D eigenvalue weighted by molar-refractivity contribution is 6.30. The SMILES string of the molecule is CN(C)C[C@@]1(c2ccc(Cl)cc2)CCCC[C@@H]1O. The summed E-state index contributed by atoms with van der Waals surface area (Å²) >= 11 is 5.97. The highest BCUT2D eigenvalue weighted by Gasteiger charge is 2.41. The molecule has 0 heterocycles. The predicted molar refractivity (Wildman–Crippen MR) is 76.2 cm³/mol. The van der Waals surface area contributed by atoms with Gasteiger partial charge in [0.2, 0.25) is 0 Å². The van der Waals surface area contributed by atoms with Gasteiger partial charge in [0, 0.05) is 17.0 Å². The van der Waals surface area contributed by atoms with Crippen LogP contribution in [0.25, 0.3) is 0 Å². The zero-order valence-electron chi connectivity index (χ0n) is 11.2. The summed E-state index contributed by atoms with van der Waals surface area (Å²) in [5.74, 6) is 0. The predicted octanol–water partition coefficient (Wildman–Crippen LogP) is 3.07. The number of hydrogen-bond donors (Lipinski definition) is 1. The van der Waals surface area contributed by atoms with Crippen LogP contribution in [-0.2, 0) is 5.41 Å². The molecule has 2 rings (SSSR count). The number of rotatable bonds is 3. The molecule has 1 aromatic carbocycles. The molecule has 1 aromatic rings. The van der Waals surface area contributed by atoms with Crippen molar-refractivity contribution in [3.63, 3.8) is 0 Å². The van der Waals surface area contributed by atoms with Gasteiger partial charge in [-0.15, -0.1) is 0 Å². The van der Waals surface area contributed by atoms with E-state index in [-0.39, 0.29) is 11.5 Å². The second kappa shape index (κ2) is 5.60. The quantitative estimate of drug-likeness (QED) is 0.910. The van der Waals surface area contributed by atoms with E-state index in [1.807, 2.05) is 12.1 Å². The zero-order valence-corrected chi connectivity index (χ0v) is 12.0. The maximum atomic E-state index is 10.5. The molecule has 0 amide bonds. The molecule has 2 nitrogen and oxygen atoms in total. The first-order chi connectivity index (χ1) is 8.54. The first-order valence-corrected chi connectivity index (χ1v) is 7.01. The number of halogens is 1. The summed E-state index contributed by atoms with van der Waals surface area (Å²) in [7, 11) is 4.14. The number of hydrogen-bond acceptors (Lipinski definition) is 2. The van der Waals surface area contributed by atoms with Gasteiger partial charge in [0.05, 0.1) is 6.10 Å². The molecule has 0 spiro atoms. The lowest BCUT2D eigenvalue weighted by molar-refractivity contribution is 0.0264. The molecule has 2 atom stereocenters. The van der Waals surface area contributed by atoms with Crippen molar-refractivity contribution in [3.05, 3.63) is 34.9 Å². The third-order valence-corrected chi connectivity index (χ3v) is 4.26. The van der Waals surface area contributed by atoms with Crippen LogP contribution in [0.5, 0.6) is 0 Å². The molecule has 0 radical (unpaired) electrons. The van der Waals surface area contributed by atoms with Crippen molar-refractivity contribution in [1.29, 1.82) is 0 Å². The van der Waals surface area contributed by atoms with Crippen molar-refractivity contribution in [2.24, 2.45) is 0 Å². The minimum Gasteiger partial charge on any atom is -0.392 e. The van der Waals surface area contributed by atoms with Crippen molar-refractivity contribution >= 4 is 11.6 Å². The minimum atomic E-state index is -0.255. The molecule has 1 fully saturated rings. The normalized spacial score (nSPS) is 28.6. The van der Waals surface area contributed by atoms with Crippen LogP contribution in [0.4, 0.5) is 0 Å². The first-order valence-electron chi connectivity index (χ1n) is 6.63. The Morgan fingerprint density at radius 2 is 1.94 bits per heavy atom. The second-order valence-corrected chi connectivity index (χ2v) is 6.10. The Morgan fingerprint density at radius 3 is 2.50 bits per heavy atom. The van der Waals surface area contributed by atoms with Gasteiger partial charge in [-0.1, -0.05) is 36.6 Å². The van der Waals surface area contributed by atoms with E-state index in [2.05, 4.69) is 31.1 Å². The average molecular weight is 268 g/mol. The van der Waals surface area contributed by atoms with Gasteiger partial charge in [-0.3, -0.25) is 0 Å². The van der Waals surface area contributed by atoms with Crippen LogP contribution < -0.4 is 0 Å². The van der Waals surface area contributed by atoms with Crippen molar-refractivity contribution in [2.75, 3.05) is 20.6 Å². The molecule has 100 valence electrons. The lowest BCUT2D eigenvalue weighted by Crippen LogP contribution is -2.49. The Balaban J connectivity index is 2.37. The van der Waals surface area contributed by atoms with Crippen LogP contribution in [0.15, 0.2) is 24.3 Å². The monoisotopic (exact) mass is 267 g/mol. The number of aliphatic hydroxyl groups excluding tert-OH is 1. The number of benzene rings is 1. The van der Waals surface area contributed by atoms with Crippen molar-refractivity contribution in [3.8, 4) is 0 Å². The van der Waals surface area contributed by atoms with Gasteiger partial charge in [0.1, 0.15) is 0 Å². The Hall–Kier alpha value is -0.570. The molecule has 1 saturated carbocycles. The number of likely N-dealkylation sites (N-methyl/N-ethyl adjacent to an activating group) is 1. The van der Waals surface area contributed by atoms with E-state index in [1.165, 1.54) is 12.0 Å². The number of nitrogens with zero attached hydrogens (tertiary/aromatic N) is 1. The van der Waals surface area contributed by atoms with Gasteiger partial charge < -0.3 is 10.0 Å². The maximum Gasteiger partial charge on any atom is 0.0649 e. The molecule has 0 unspecified atom stereocenters. The molecule has 0 saturated heterocycles. The fourth-order valence-electron chi connectivity index (χ4n) is 3.18. The molecule has 3 heteroatoms. The van der Waals surface area contributed by atoms with Crippen LogP contribution in [0.2, 0.25) is 5.02 Å². The Morgan fingerprint density at radius 1 is 1.28 bits per heavy atom. The Bertz CT molecular complexity index is 390. The zero-order chi connectivity index (χ0) is 13.2. The summed E-state index contributed by atoms with van der Waals surface area (Å²) in [4.78, 5) is 2.17. The smallest absolute Gasteiger partial charge is 0.0649 e. The molecule has 0 bridgehead atoms. The van der Waals surface area contributed by atoms with E-state index < -0.39 is 0 Å². The van der Waals surface area contributed by atoms with E-state index in [9.17, 15) is 5.11 Å². The summed E-state index contributed by atoms with van der Waals surface area (Å²) in [6.07, 6.45) is 4.01. The summed E-state index contributed by atoms with van der Waals surface area (Å²) in [5.41, 5.74) is 1.08. The van der Waals surface area contributed by atoms with Gasteiger partial charge in [-0.25, -0.2) is 0 Å². The van der Waals surface area contributed by atoms with E-state index in [1.54, 1.807) is 0 Å². The lowest BCUT2D eigenvalue weighted by Gasteiger charge is -2.43. The fraction of sp³-hybridized carbons (Fsp3) is 0.600. The molecule has 1 aliphatic rings. The van der Waals surface area contributed by atoms with E-state index in [4.69, 9.17) is 11.6 Å². The van der Waals surface area contributed by atoms with Gasteiger partial charge >= 0.3 is 0 Å². The largest absolute Gasteiger partial charge is 0.392 e. The van der Waals surface area contributed by atoms with Crippen LogP contribution in [0.3, 0.4) is 0 Å². The third-order valence-electron chi connectivity index (χ3n) is 4.01. The van der Waals surface area contributed by atoms with Crippen LogP contribution in [0.1, 0.15) is 31.2 Å². The van der Waals surface area contributed by atoms with Crippen molar-refractivity contribution in [2.45, 2.75) is 37.2 Å². The van der Waals surface area contributed by atoms with Crippen LogP contribution in [0, 0.1) is 0 Å². The lowest BCUT2D eigenvalue weighted by atomic mass is 9.67. The molecule has 0 aromatic heterocycles. The summed E-state index contributed by atoms with van der Waals surface area (Å²) < 4.78 is 0. The van der Waals surface area contributed by atoms with Crippen LogP contribution >= 0.6 is 11.6 Å². The summed E-state index contributed by atoms with van der Waals surface area (Å²) in [6.45, 7) is 0.885.